The Bertz CT molecular complexity index is 584. The van der Waals surface area contributed by atoms with E-state index in [4.69, 9.17) is 9.47 Å². The van der Waals surface area contributed by atoms with Crippen molar-refractivity contribution < 1.29 is 14.3 Å². The Morgan fingerprint density at radius 1 is 1.16 bits per heavy atom. The van der Waals surface area contributed by atoms with Gasteiger partial charge in [0.1, 0.15) is 17.8 Å². The molecule has 2 aromatic rings. The predicted octanol–water partition coefficient (Wildman–Crippen LogP) is 1.92. The Hall–Kier alpha value is -2.43. The van der Waals surface area contributed by atoms with E-state index in [1.165, 1.54) is 19.5 Å². The monoisotopic (exact) mass is 258 g/mol. The van der Waals surface area contributed by atoms with Crippen LogP contribution in [0.3, 0.4) is 0 Å². The predicted molar refractivity (Wildman–Crippen MR) is 69.6 cm³/mol. The maximum atomic E-state index is 12.1. The molecule has 1 aromatic heterocycles. The molecule has 0 bridgehead atoms. The summed E-state index contributed by atoms with van der Waals surface area (Å²) in [4.78, 5) is 20.0. The summed E-state index contributed by atoms with van der Waals surface area (Å²) in [6.45, 7) is 0. The highest BCUT2D eigenvalue weighted by Crippen LogP contribution is 2.19. The molecule has 0 saturated heterocycles. The Kier molecular flexibility index (Phi) is 4.07. The molecule has 0 atom stereocenters. The third-order valence-electron chi connectivity index (χ3n) is 2.68. The summed E-state index contributed by atoms with van der Waals surface area (Å²) in [7, 11) is 3.08. The Morgan fingerprint density at radius 3 is 2.68 bits per heavy atom. The number of carbonyl (C=O) groups excluding carboxylic acids is 1. The SMILES string of the molecule is COc1cc(C(=O)Cc2ccccc2OC)ncn1. The van der Waals surface area contributed by atoms with Crippen molar-refractivity contribution in [2.24, 2.45) is 0 Å². The van der Waals surface area contributed by atoms with Crippen molar-refractivity contribution in [2.75, 3.05) is 14.2 Å². The highest BCUT2D eigenvalue weighted by molar-refractivity contribution is 5.96. The van der Waals surface area contributed by atoms with Gasteiger partial charge in [-0.15, -0.1) is 0 Å². The molecule has 98 valence electrons. The molecule has 0 N–H and O–H groups in total. The number of carbonyl (C=O) groups is 1. The Morgan fingerprint density at radius 2 is 1.95 bits per heavy atom. The molecular weight excluding hydrogens is 244 g/mol. The minimum Gasteiger partial charge on any atom is -0.496 e. The summed E-state index contributed by atoms with van der Waals surface area (Å²) in [5.74, 6) is 0.959. The summed E-state index contributed by atoms with van der Waals surface area (Å²) < 4.78 is 10.2. The summed E-state index contributed by atoms with van der Waals surface area (Å²) in [6.07, 6.45) is 1.54. The van der Waals surface area contributed by atoms with E-state index in [0.717, 1.165) is 5.56 Å². The summed E-state index contributed by atoms with van der Waals surface area (Å²) in [5.41, 5.74) is 1.16. The first-order valence-corrected chi connectivity index (χ1v) is 5.75. The largest absolute Gasteiger partial charge is 0.496 e. The number of methoxy groups -OCH3 is 2. The quantitative estimate of drug-likeness (QED) is 0.767. The zero-order chi connectivity index (χ0) is 13.7. The topological polar surface area (TPSA) is 61.3 Å². The third-order valence-corrected chi connectivity index (χ3v) is 2.68. The van der Waals surface area contributed by atoms with Gasteiger partial charge in [0.15, 0.2) is 5.78 Å². The number of ketones is 1. The van der Waals surface area contributed by atoms with Gasteiger partial charge in [0, 0.05) is 18.1 Å². The van der Waals surface area contributed by atoms with E-state index in [1.54, 1.807) is 7.11 Å². The number of hydrogen-bond acceptors (Lipinski definition) is 5. The molecule has 0 saturated carbocycles. The molecule has 0 radical (unpaired) electrons. The fraction of sp³-hybridized carbons (Fsp3) is 0.214. The first kappa shape index (κ1) is 13.0. The van der Waals surface area contributed by atoms with Crippen LogP contribution in [0.4, 0.5) is 0 Å². The van der Waals surface area contributed by atoms with Crippen LogP contribution >= 0.6 is 0 Å². The first-order chi connectivity index (χ1) is 9.24. The van der Waals surface area contributed by atoms with E-state index in [9.17, 15) is 4.79 Å². The van der Waals surface area contributed by atoms with Crippen molar-refractivity contribution in [1.82, 2.24) is 9.97 Å². The van der Waals surface area contributed by atoms with Crippen LogP contribution in [-0.4, -0.2) is 30.0 Å². The molecule has 0 unspecified atom stereocenters. The van der Waals surface area contributed by atoms with Gasteiger partial charge >= 0.3 is 0 Å². The minimum absolute atomic E-state index is 0.106. The maximum Gasteiger partial charge on any atom is 0.216 e. The molecule has 19 heavy (non-hydrogen) atoms. The summed E-state index contributed by atoms with van der Waals surface area (Å²) >= 11 is 0. The smallest absolute Gasteiger partial charge is 0.216 e. The van der Waals surface area contributed by atoms with Gasteiger partial charge in [-0.25, -0.2) is 9.97 Å². The van der Waals surface area contributed by atoms with Gasteiger partial charge in [0.2, 0.25) is 5.88 Å². The highest BCUT2D eigenvalue weighted by Gasteiger charge is 2.12. The molecule has 0 aliphatic rings. The molecule has 2 rings (SSSR count). The van der Waals surface area contributed by atoms with Gasteiger partial charge in [-0.2, -0.15) is 0 Å². The standard InChI is InChI=1S/C14H14N2O3/c1-18-13-6-4-3-5-10(13)7-12(17)11-8-14(19-2)16-9-15-11/h3-6,8-9H,7H2,1-2H3. The van der Waals surface area contributed by atoms with Crippen molar-refractivity contribution in [3.05, 3.63) is 47.9 Å². The molecule has 5 nitrogen and oxygen atoms in total. The number of benzene rings is 1. The number of nitrogens with zero attached hydrogens (tertiary/aromatic N) is 2. The molecular formula is C14H14N2O3. The normalized spacial score (nSPS) is 10.0. The fourth-order valence-electron chi connectivity index (χ4n) is 1.72. The second kappa shape index (κ2) is 5.95. The summed E-state index contributed by atoms with van der Waals surface area (Å²) in [6, 6.07) is 8.93. The van der Waals surface area contributed by atoms with Crippen molar-refractivity contribution in [1.29, 1.82) is 0 Å². The second-order valence-electron chi connectivity index (χ2n) is 3.86. The molecule has 0 aliphatic carbocycles. The lowest BCUT2D eigenvalue weighted by molar-refractivity contribution is 0.0986. The van der Waals surface area contributed by atoms with Gasteiger partial charge < -0.3 is 9.47 Å². The minimum atomic E-state index is -0.106. The van der Waals surface area contributed by atoms with Crippen molar-refractivity contribution in [3.8, 4) is 11.6 Å². The van der Waals surface area contributed by atoms with Gasteiger partial charge in [0.05, 0.1) is 14.2 Å². The van der Waals surface area contributed by atoms with E-state index in [0.29, 0.717) is 17.3 Å². The van der Waals surface area contributed by atoms with Gasteiger partial charge in [-0.1, -0.05) is 18.2 Å². The molecule has 0 fully saturated rings. The molecule has 1 aromatic carbocycles. The van der Waals surface area contributed by atoms with Crippen molar-refractivity contribution >= 4 is 5.78 Å². The van der Waals surface area contributed by atoms with Crippen LogP contribution in [-0.2, 0) is 6.42 Å². The van der Waals surface area contributed by atoms with E-state index < -0.39 is 0 Å². The number of rotatable bonds is 5. The highest BCUT2D eigenvalue weighted by atomic mass is 16.5. The first-order valence-electron chi connectivity index (χ1n) is 5.75. The van der Waals surface area contributed by atoms with E-state index in [1.807, 2.05) is 24.3 Å². The van der Waals surface area contributed by atoms with Crippen LogP contribution in [0.1, 0.15) is 16.1 Å². The summed E-state index contributed by atoms with van der Waals surface area (Å²) in [5, 5.41) is 0. The fourth-order valence-corrected chi connectivity index (χ4v) is 1.72. The van der Waals surface area contributed by atoms with E-state index in [-0.39, 0.29) is 12.2 Å². The third kappa shape index (κ3) is 3.07. The van der Waals surface area contributed by atoms with Crippen LogP contribution in [0, 0.1) is 0 Å². The number of para-hydroxylation sites is 1. The van der Waals surface area contributed by atoms with Gasteiger partial charge in [0.25, 0.3) is 0 Å². The van der Waals surface area contributed by atoms with Crippen LogP contribution in [0.15, 0.2) is 36.7 Å². The number of ether oxygens (including phenoxy) is 2. The van der Waals surface area contributed by atoms with Crippen LogP contribution in [0.2, 0.25) is 0 Å². The average Bonchev–Trinajstić information content (AvgIpc) is 2.47. The zero-order valence-corrected chi connectivity index (χ0v) is 10.8. The maximum absolute atomic E-state index is 12.1. The van der Waals surface area contributed by atoms with E-state index in [2.05, 4.69) is 9.97 Å². The molecule has 0 spiro atoms. The second-order valence-corrected chi connectivity index (χ2v) is 3.86. The average molecular weight is 258 g/mol. The molecule has 1 heterocycles. The van der Waals surface area contributed by atoms with E-state index >= 15 is 0 Å². The molecule has 0 aliphatic heterocycles. The lowest BCUT2D eigenvalue weighted by Crippen LogP contribution is -2.07. The van der Waals surface area contributed by atoms with Crippen LogP contribution < -0.4 is 9.47 Å². The molecule has 0 amide bonds. The zero-order valence-electron chi connectivity index (χ0n) is 10.8. The van der Waals surface area contributed by atoms with Crippen LogP contribution in [0.25, 0.3) is 0 Å². The Labute approximate surface area is 111 Å². The number of Topliss-reactive ketones (excluding diaryl/α,β-unsaturated/α-hetero) is 1. The van der Waals surface area contributed by atoms with Crippen LogP contribution in [0.5, 0.6) is 11.6 Å². The molecule has 5 heteroatoms. The van der Waals surface area contributed by atoms with Crippen molar-refractivity contribution in [3.63, 3.8) is 0 Å². The Balaban J connectivity index is 2.20. The van der Waals surface area contributed by atoms with Gasteiger partial charge in [-0.05, 0) is 6.07 Å². The number of hydrogen-bond donors (Lipinski definition) is 0. The number of aromatic nitrogens is 2. The van der Waals surface area contributed by atoms with Gasteiger partial charge in [-0.3, -0.25) is 4.79 Å². The lowest BCUT2D eigenvalue weighted by atomic mass is 10.1. The van der Waals surface area contributed by atoms with Crippen molar-refractivity contribution in [2.45, 2.75) is 6.42 Å². The lowest BCUT2D eigenvalue weighted by Gasteiger charge is -2.07.